The summed E-state index contributed by atoms with van der Waals surface area (Å²) >= 11 is 1.59. The Labute approximate surface area is 167 Å². The first-order chi connectivity index (χ1) is 13.7. The van der Waals surface area contributed by atoms with Crippen LogP contribution in [0.25, 0.3) is 5.78 Å². The topological polar surface area (TPSA) is 72.2 Å². The second kappa shape index (κ2) is 8.22. The zero-order valence-corrected chi connectivity index (χ0v) is 16.2. The lowest BCUT2D eigenvalue weighted by Crippen LogP contribution is -2.11. The highest BCUT2D eigenvalue weighted by Gasteiger charge is 2.10. The van der Waals surface area contributed by atoms with Gasteiger partial charge in [0, 0.05) is 21.8 Å². The molecule has 28 heavy (non-hydrogen) atoms. The SMILES string of the molecule is CCCc1cc(Sc2ccc(NC(=O)c3ccccc3)cc2)n2ncnc2n1. The van der Waals surface area contributed by atoms with E-state index in [1.54, 1.807) is 28.4 Å². The summed E-state index contributed by atoms with van der Waals surface area (Å²) in [6.07, 6.45) is 3.45. The van der Waals surface area contributed by atoms with Crippen LogP contribution in [-0.4, -0.2) is 25.5 Å². The molecule has 0 saturated heterocycles. The van der Waals surface area contributed by atoms with E-state index in [4.69, 9.17) is 0 Å². The van der Waals surface area contributed by atoms with Crippen molar-refractivity contribution in [3.63, 3.8) is 0 Å². The van der Waals surface area contributed by atoms with Gasteiger partial charge in [0.1, 0.15) is 11.4 Å². The molecule has 4 rings (SSSR count). The Bertz CT molecular complexity index is 1090. The second-order valence-electron chi connectivity index (χ2n) is 6.25. The maximum Gasteiger partial charge on any atom is 0.255 e. The minimum Gasteiger partial charge on any atom is -0.322 e. The fraction of sp³-hybridized carbons (Fsp3) is 0.143. The van der Waals surface area contributed by atoms with Gasteiger partial charge in [-0.2, -0.15) is 14.6 Å². The lowest BCUT2D eigenvalue weighted by Gasteiger charge is -2.08. The molecule has 0 radical (unpaired) electrons. The first kappa shape index (κ1) is 18.2. The Morgan fingerprint density at radius 2 is 1.89 bits per heavy atom. The van der Waals surface area contributed by atoms with Crippen molar-refractivity contribution in [2.24, 2.45) is 0 Å². The number of hydrogen-bond donors (Lipinski definition) is 1. The predicted octanol–water partition coefficient (Wildman–Crippen LogP) is 4.48. The van der Waals surface area contributed by atoms with E-state index in [1.165, 1.54) is 6.33 Å². The van der Waals surface area contributed by atoms with Crippen LogP contribution >= 0.6 is 11.8 Å². The van der Waals surface area contributed by atoms with Crippen molar-refractivity contribution in [1.29, 1.82) is 0 Å². The monoisotopic (exact) mass is 389 g/mol. The molecule has 1 amide bonds. The van der Waals surface area contributed by atoms with Crippen LogP contribution < -0.4 is 5.32 Å². The average molecular weight is 389 g/mol. The highest BCUT2D eigenvalue weighted by molar-refractivity contribution is 7.99. The lowest BCUT2D eigenvalue weighted by atomic mass is 10.2. The van der Waals surface area contributed by atoms with Gasteiger partial charge in [0.05, 0.1) is 0 Å². The van der Waals surface area contributed by atoms with Crippen molar-refractivity contribution < 1.29 is 4.79 Å². The highest BCUT2D eigenvalue weighted by Crippen LogP contribution is 2.29. The summed E-state index contributed by atoms with van der Waals surface area (Å²) in [6, 6.07) is 19.0. The van der Waals surface area contributed by atoms with Crippen LogP contribution in [0.5, 0.6) is 0 Å². The molecule has 140 valence electrons. The van der Waals surface area contributed by atoms with Gasteiger partial charge in [0.15, 0.2) is 0 Å². The van der Waals surface area contributed by atoms with E-state index >= 15 is 0 Å². The van der Waals surface area contributed by atoms with Gasteiger partial charge in [-0.3, -0.25) is 4.79 Å². The van der Waals surface area contributed by atoms with Crippen LogP contribution in [0.1, 0.15) is 29.4 Å². The van der Waals surface area contributed by atoms with E-state index in [0.29, 0.717) is 11.3 Å². The number of nitrogens with one attached hydrogen (secondary N) is 1. The van der Waals surface area contributed by atoms with Gasteiger partial charge in [-0.1, -0.05) is 43.3 Å². The molecule has 0 spiro atoms. The Hall–Kier alpha value is -3.19. The third kappa shape index (κ3) is 4.04. The first-order valence-electron chi connectivity index (χ1n) is 9.07. The third-order valence-electron chi connectivity index (χ3n) is 4.15. The van der Waals surface area contributed by atoms with Crippen molar-refractivity contribution in [1.82, 2.24) is 19.6 Å². The number of anilines is 1. The van der Waals surface area contributed by atoms with Crippen molar-refractivity contribution in [2.45, 2.75) is 29.7 Å². The number of carbonyl (C=O) groups is 1. The second-order valence-corrected chi connectivity index (χ2v) is 7.35. The molecule has 0 aliphatic heterocycles. The molecule has 0 atom stereocenters. The van der Waals surface area contributed by atoms with Crippen LogP contribution in [0.3, 0.4) is 0 Å². The summed E-state index contributed by atoms with van der Waals surface area (Å²) in [6.45, 7) is 2.13. The van der Waals surface area contributed by atoms with E-state index in [0.717, 1.165) is 34.1 Å². The molecule has 2 heterocycles. The van der Waals surface area contributed by atoms with Gasteiger partial charge in [-0.25, -0.2) is 4.98 Å². The smallest absolute Gasteiger partial charge is 0.255 e. The van der Waals surface area contributed by atoms with Gasteiger partial charge in [0.25, 0.3) is 11.7 Å². The summed E-state index contributed by atoms with van der Waals surface area (Å²) in [7, 11) is 0. The zero-order valence-electron chi connectivity index (χ0n) is 15.4. The maximum atomic E-state index is 12.3. The molecular formula is C21H19N5OS. The standard InChI is InChI=1S/C21H19N5OS/c1-2-6-17-13-19(26-21(25-17)22-14-23-26)28-18-11-9-16(10-12-18)24-20(27)15-7-4-3-5-8-15/h3-5,7-14H,2,6H2,1H3,(H,24,27). The minimum atomic E-state index is -0.122. The van der Waals surface area contributed by atoms with Crippen LogP contribution in [0.15, 0.2) is 76.9 Å². The molecular weight excluding hydrogens is 370 g/mol. The largest absolute Gasteiger partial charge is 0.322 e. The van der Waals surface area contributed by atoms with Gasteiger partial charge in [-0.15, -0.1) is 0 Å². The summed E-state index contributed by atoms with van der Waals surface area (Å²) < 4.78 is 1.74. The molecule has 2 aromatic carbocycles. The van der Waals surface area contributed by atoms with Gasteiger partial charge in [-0.05, 0) is 48.9 Å². The van der Waals surface area contributed by atoms with E-state index in [2.05, 4.69) is 33.4 Å². The minimum absolute atomic E-state index is 0.122. The Morgan fingerprint density at radius 3 is 2.64 bits per heavy atom. The maximum absolute atomic E-state index is 12.3. The summed E-state index contributed by atoms with van der Waals surface area (Å²) in [5.41, 5.74) is 2.40. The number of benzene rings is 2. The average Bonchev–Trinajstić information content (AvgIpc) is 3.19. The molecule has 0 unspecified atom stereocenters. The van der Waals surface area contributed by atoms with Gasteiger partial charge >= 0.3 is 0 Å². The summed E-state index contributed by atoms with van der Waals surface area (Å²) in [5.74, 6) is 0.490. The van der Waals surface area contributed by atoms with Crippen LogP contribution in [-0.2, 0) is 6.42 Å². The van der Waals surface area contributed by atoms with Crippen molar-refractivity contribution in [3.05, 3.63) is 78.2 Å². The fourth-order valence-electron chi connectivity index (χ4n) is 2.81. The predicted molar refractivity (Wildman–Crippen MR) is 110 cm³/mol. The van der Waals surface area contributed by atoms with Gasteiger partial charge < -0.3 is 5.32 Å². The lowest BCUT2D eigenvalue weighted by molar-refractivity contribution is 0.102. The highest BCUT2D eigenvalue weighted by atomic mass is 32.2. The number of amides is 1. The van der Waals surface area contributed by atoms with Crippen molar-refractivity contribution >= 4 is 29.1 Å². The molecule has 4 aromatic rings. The van der Waals surface area contributed by atoms with E-state index in [-0.39, 0.29) is 5.91 Å². The molecule has 1 N–H and O–H groups in total. The van der Waals surface area contributed by atoms with Crippen molar-refractivity contribution in [2.75, 3.05) is 5.32 Å². The van der Waals surface area contributed by atoms with Crippen LogP contribution in [0.4, 0.5) is 5.69 Å². The number of nitrogens with zero attached hydrogens (tertiary/aromatic N) is 4. The molecule has 6 nitrogen and oxygen atoms in total. The molecule has 0 aliphatic rings. The number of carbonyl (C=O) groups excluding carboxylic acids is 1. The van der Waals surface area contributed by atoms with E-state index in [9.17, 15) is 4.79 Å². The number of rotatable bonds is 6. The summed E-state index contributed by atoms with van der Waals surface area (Å²) in [5, 5.41) is 8.15. The molecule has 0 bridgehead atoms. The number of aryl methyl sites for hydroxylation is 1. The normalized spacial score (nSPS) is 10.9. The molecule has 0 fully saturated rings. The van der Waals surface area contributed by atoms with E-state index < -0.39 is 0 Å². The Balaban J connectivity index is 1.51. The quantitative estimate of drug-likeness (QED) is 0.492. The fourth-order valence-corrected chi connectivity index (χ4v) is 3.73. The Kier molecular flexibility index (Phi) is 5.34. The van der Waals surface area contributed by atoms with Crippen molar-refractivity contribution in [3.8, 4) is 0 Å². The molecule has 0 saturated carbocycles. The zero-order chi connectivity index (χ0) is 19.3. The molecule has 7 heteroatoms. The van der Waals surface area contributed by atoms with Gasteiger partial charge in [0.2, 0.25) is 0 Å². The number of aromatic nitrogens is 4. The number of hydrogen-bond acceptors (Lipinski definition) is 5. The van der Waals surface area contributed by atoms with Crippen LogP contribution in [0.2, 0.25) is 0 Å². The first-order valence-corrected chi connectivity index (χ1v) is 9.88. The Morgan fingerprint density at radius 1 is 1.11 bits per heavy atom. The van der Waals surface area contributed by atoms with E-state index in [1.807, 2.05) is 42.5 Å². The third-order valence-corrected chi connectivity index (χ3v) is 5.16. The molecule has 2 aromatic heterocycles. The number of fused-ring (bicyclic) bond motifs is 1. The molecule has 0 aliphatic carbocycles. The summed E-state index contributed by atoms with van der Waals surface area (Å²) in [4.78, 5) is 22.1. The van der Waals surface area contributed by atoms with Crippen LogP contribution in [0, 0.1) is 0 Å².